The first-order valence-corrected chi connectivity index (χ1v) is 6.23. The van der Waals surface area contributed by atoms with Crippen LogP contribution in [0.25, 0.3) is 0 Å². The number of ether oxygens (including phenoxy) is 1. The topological polar surface area (TPSA) is 72.0 Å². The van der Waals surface area contributed by atoms with Gasteiger partial charge in [-0.15, -0.1) is 11.7 Å². The van der Waals surface area contributed by atoms with Crippen LogP contribution in [0, 0.1) is 0 Å². The maximum Gasteiger partial charge on any atom is 0.244 e. The van der Waals surface area contributed by atoms with Crippen LogP contribution in [0.15, 0.2) is 43.1 Å². The molecule has 2 rings (SSSR count). The van der Waals surface area contributed by atoms with Crippen LogP contribution in [-0.2, 0) is 6.54 Å². The lowest BCUT2D eigenvalue weighted by Crippen LogP contribution is -2.08. The predicted octanol–water partition coefficient (Wildman–Crippen LogP) is 2.09. The van der Waals surface area contributed by atoms with Crippen molar-refractivity contribution in [2.24, 2.45) is 0 Å². The average molecular weight is 271 g/mol. The maximum atomic E-state index is 5.11. The molecular formula is C14H17N5O. The number of nitrogens with one attached hydrogen (secondary N) is 2. The molecule has 0 aliphatic carbocycles. The number of benzene rings is 1. The largest absolute Gasteiger partial charge is 0.497 e. The van der Waals surface area contributed by atoms with Gasteiger partial charge < -0.3 is 15.4 Å². The first-order chi connectivity index (χ1) is 9.81. The van der Waals surface area contributed by atoms with E-state index in [2.05, 4.69) is 32.4 Å². The van der Waals surface area contributed by atoms with Crippen molar-refractivity contribution in [2.45, 2.75) is 6.54 Å². The highest BCUT2D eigenvalue weighted by Gasteiger charge is 2.00. The van der Waals surface area contributed by atoms with Crippen molar-refractivity contribution in [1.82, 2.24) is 15.2 Å². The van der Waals surface area contributed by atoms with Gasteiger partial charge in [0.15, 0.2) is 5.82 Å². The Kier molecular flexibility index (Phi) is 4.88. The fourth-order valence-electron chi connectivity index (χ4n) is 1.56. The quantitative estimate of drug-likeness (QED) is 0.751. The number of rotatable bonds is 7. The molecule has 2 aromatic rings. The monoisotopic (exact) mass is 271 g/mol. The molecule has 0 atom stereocenters. The van der Waals surface area contributed by atoms with Crippen molar-refractivity contribution in [2.75, 3.05) is 24.3 Å². The van der Waals surface area contributed by atoms with E-state index in [4.69, 9.17) is 4.74 Å². The molecule has 2 N–H and O–H groups in total. The molecule has 104 valence electrons. The average Bonchev–Trinajstić information content (AvgIpc) is 2.52. The SMILES string of the molecule is C=CCNc1cnnc(NCc2ccc(OC)cc2)n1. The summed E-state index contributed by atoms with van der Waals surface area (Å²) in [5.41, 5.74) is 1.11. The van der Waals surface area contributed by atoms with Crippen LogP contribution in [0.4, 0.5) is 11.8 Å². The first-order valence-electron chi connectivity index (χ1n) is 6.23. The van der Waals surface area contributed by atoms with Crippen LogP contribution in [0.1, 0.15) is 5.56 Å². The molecule has 0 aliphatic heterocycles. The molecule has 0 spiro atoms. The van der Waals surface area contributed by atoms with Gasteiger partial charge in [-0.2, -0.15) is 10.1 Å². The number of hydrogen-bond acceptors (Lipinski definition) is 6. The van der Waals surface area contributed by atoms with Crippen LogP contribution >= 0.6 is 0 Å². The van der Waals surface area contributed by atoms with E-state index >= 15 is 0 Å². The highest BCUT2D eigenvalue weighted by molar-refractivity contribution is 5.38. The number of aromatic nitrogens is 3. The molecule has 0 bridgehead atoms. The van der Waals surface area contributed by atoms with Gasteiger partial charge in [-0.05, 0) is 17.7 Å². The van der Waals surface area contributed by atoms with E-state index in [-0.39, 0.29) is 0 Å². The highest BCUT2D eigenvalue weighted by atomic mass is 16.5. The molecule has 1 aromatic carbocycles. The third-order valence-electron chi connectivity index (χ3n) is 2.60. The van der Waals surface area contributed by atoms with E-state index in [1.807, 2.05) is 24.3 Å². The molecule has 20 heavy (non-hydrogen) atoms. The second-order valence-electron chi connectivity index (χ2n) is 4.04. The third kappa shape index (κ3) is 3.94. The van der Waals surface area contributed by atoms with Gasteiger partial charge in [0.25, 0.3) is 0 Å². The zero-order valence-corrected chi connectivity index (χ0v) is 11.3. The lowest BCUT2D eigenvalue weighted by molar-refractivity contribution is 0.414. The van der Waals surface area contributed by atoms with Crippen molar-refractivity contribution in [1.29, 1.82) is 0 Å². The van der Waals surface area contributed by atoms with Crippen molar-refractivity contribution >= 4 is 11.8 Å². The predicted molar refractivity (Wildman–Crippen MR) is 78.8 cm³/mol. The number of anilines is 2. The lowest BCUT2D eigenvalue weighted by atomic mass is 10.2. The van der Waals surface area contributed by atoms with Crippen LogP contribution in [0.2, 0.25) is 0 Å². The van der Waals surface area contributed by atoms with Crippen molar-refractivity contribution in [3.8, 4) is 5.75 Å². The highest BCUT2D eigenvalue weighted by Crippen LogP contribution is 2.12. The number of hydrogen-bond donors (Lipinski definition) is 2. The van der Waals surface area contributed by atoms with Crippen LogP contribution in [0.5, 0.6) is 5.75 Å². The summed E-state index contributed by atoms with van der Waals surface area (Å²) in [6, 6.07) is 7.80. The van der Waals surface area contributed by atoms with Crippen molar-refractivity contribution in [3.05, 3.63) is 48.7 Å². The molecule has 1 heterocycles. The summed E-state index contributed by atoms with van der Waals surface area (Å²) < 4.78 is 5.11. The van der Waals surface area contributed by atoms with Gasteiger partial charge in [0.2, 0.25) is 5.95 Å². The van der Waals surface area contributed by atoms with Crippen molar-refractivity contribution < 1.29 is 4.74 Å². The summed E-state index contributed by atoms with van der Waals surface area (Å²) in [4.78, 5) is 4.29. The Balaban J connectivity index is 1.93. The fourth-order valence-corrected chi connectivity index (χ4v) is 1.56. The summed E-state index contributed by atoms with van der Waals surface area (Å²) in [7, 11) is 1.65. The molecule has 0 fully saturated rings. The second kappa shape index (κ2) is 7.08. The molecular weight excluding hydrogens is 254 g/mol. The van der Waals surface area contributed by atoms with Crippen LogP contribution in [-0.4, -0.2) is 28.8 Å². The number of methoxy groups -OCH3 is 1. The Bertz CT molecular complexity index is 556. The van der Waals surface area contributed by atoms with E-state index in [9.17, 15) is 0 Å². The molecule has 0 saturated carbocycles. The summed E-state index contributed by atoms with van der Waals surface area (Å²) >= 11 is 0. The van der Waals surface area contributed by atoms with E-state index in [0.717, 1.165) is 11.3 Å². The first kappa shape index (κ1) is 13.8. The van der Waals surface area contributed by atoms with Crippen molar-refractivity contribution in [3.63, 3.8) is 0 Å². The summed E-state index contributed by atoms with van der Waals surface area (Å²) in [6.07, 6.45) is 3.33. The van der Waals surface area contributed by atoms with Gasteiger partial charge >= 0.3 is 0 Å². The van der Waals surface area contributed by atoms with E-state index < -0.39 is 0 Å². The third-order valence-corrected chi connectivity index (χ3v) is 2.60. The minimum atomic E-state index is 0.481. The minimum Gasteiger partial charge on any atom is -0.497 e. The Labute approximate surface area is 117 Å². The Morgan fingerprint density at radius 3 is 2.75 bits per heavy atom. The normalized spacial score (nSPS) is 9.85. The van der Waals surface area contributed by atoms with Gasteiger partial charge in [0.05, 0.1) is 13.3 Å². The Morgan fingerprint density at radius 1 is 1.25 bits per heavy atom. The fraction of sp³-hybridized carbons (Fsp3) is 0.214. The molecule has 0 aliphatic rings. The van der Waals surface area contributed by atoms with Gasteiger partial charge in [-0.3, -0.25) is 0 Å². The smallest absolute Gasteiger partial charge is 0.244 e. The van der Waals surface area contributed by atoms with Crippen LogP contribution < -0.4 is 15.4 Å². The molecule has 0 saturated heterocycles. The van der Waals surface area contributed by atoms with Gasteiger partial charge in [0.1, 0.15) is 5.75 Å². The molecule has 1 aromatic heterocycles. The van der Waals surface area contributed by atoms with E-state index in [0.29, 0.717) is 24.9 Å². The van der Waals surface area contributed by atoms with E-state index in [1.54, 1.807) is 19.4 Å². The second-order valence-corrected chi connectivity index (χ2v) is 4.04. The molecule has 0 radical (unpaired) electrons. The summed E-state index contributed by atoms with van der Waals surface area (Å²) in [5.74, 6) is 1.98. The van der Waals surface area contributed by atoms with Crippen LogP contribution in [0.3, 0.4) is 0 Å². The molecule has 6 nitrogen and oxygen atoms in total. The van der Waals surface area contributed by atoms with E-state index in [1.165, 1.54) is 0 Å². The minimum absolute atomic E-state index is 0.481. The molecule has 6 heteroatoms. The molecule has 0 amide bonds. The Morgan fingerprint density at radius 2 is 2.05 bits per heavy atom. The maximum absolute atomic E-state index is 5.11. The number of nitrogens with zero attached hydrogens (tertiary/aromatic N) is 3. The zero-order chi connectivity index (χ0) is 14.2. The van der Waals surface area contributed by atoms with Gasteiger partial charge in [-0.25, -0.2) is 0 Å². The summed E-state index contributed by atoms with van der Waals surface area (Å²) in [6.45, 7) is 4.89. The molecule has 0 unspecified atom stereocenters. The standard InChI is InChI=1S/C14H17N5O/c1-3-8-15-13-10-17-19-14(18-13)16-9-11-4-6-12(20-2)7-5-11/h3-7,10H,1,8-9H2,2H3,(H2,15,16,18,19). The zero-order valence-electron chi connectivity index (χ0n) is 11.3. The summed E-state index contributed by atoms with van der Waals surface area (Å²) in [5, 5.41) is 14.0. The van der Waals surface area contributed by atoms with Gasteiger partial charge in [-0.1, -0.05) is 18.2 Å². The lowest BCUT2D eigenvalue weighted by Gasteiger charge is -2.07. The van der Waals surface area contributed by atoms with Gasteiger partial charge in [0, 0.05) is 13.1 Å². The Hall–Kier alpha value is -2.63.